The molecule has 0 aliphatic heterocycles. The smallest absolute Gasteiger partial charge is 0.330 e. The summed E-state index contributed by atoms with van der Waals surface area (Å²) in [6, 6.07) is 6.05. The van der Waals surface area contributed by atoms with Crippen LogP contribution in [0.15, 0.2) is 36.4 Å². The van der Waals surface area contributed by atoms with E-state index in [1.165, 1.54) is 36.4 Å². The molecule has 0 heterocycles. The highest BCUT2D eigenvalue weighted by Crippen LogP contribution is 2.08. The predicted octanol–water partition coefficient (Wildman–Crippen LogP) is 0.843. The molecule has 0 fully saturated rings. The average molecular weight is 262 g/mol. The molecule has 1 aromatic carbocycles. The van der Waals surface area contributed by atoms with Crippen LogP contribution in [0.2, 0.25) is 0 Å². The lowest BCUT2D eigenvalue weighted by Crippen LogP contribution is -2.20. The number of nitrogens with two attached hydrogens (primary N) is 1. The van der Waals surface area contributed by atoms with E-state index >= 15 is 0 Å². The Bertz CT molecular complexity index is 506. The minimum Gasteiger partial charge on any atom is -0.452 e. The molecule has 100 valence electrons. The van der Waals surface area contributed by atoms with Crippen LogP contribution in [0.1, 0.15) is 17.3 Å². The number of hydrogen-bond donors (Lipinski definition) is 2. The van der Waals surface area contributed by atoms with Crippen LogP contribution in [0, 0.1) is 0 Å². The standard InChI is InChI=1S/C13H14N2O4/c1-2-3-12(17)19-8-11(16)15-10-6-4-9(5-7-10)13(14)18/h2-7H,8H2,1H3,(H2,14,18)(H,15,16)/b3-2+. The van der Waals surface area contributed by atoms with Gasteiger partial charge in [0.15, 0.2) is 6.61 Å². The number of nitrogens with one attached hydrogen (secondary N) is 1. The third-order valence-electron chi connectivity index (χ3n) is 2.10. The van der Waals surface area contributed by atoms with Crippen molar-refractivity contribution >= 4 is 23.5 Å². The van der Waals surface area contributed by atoms with Crippen molar-refractivity contribution in [2.24, 2.45) is 5.73 Å². The Labute approximate surface area is 110 Å². The molecule has 0 spiro atoms. The van der Waals surface area contributed by atoms with Crippen LogP contribution in [-0.2, 0) is 14.3 Å². The van der Waals surface area contributed by atoms with E-state index in [1.807, 2.05) is 0 Å². The van der Waals surface area contributed by atoms with Crippen LogP contribution < -0.4 is 11.1 Å². The van der Waals surface area contributed by atoms with Gasteiger partial charge in [-0.2, -0.15) is 0 Å². The molecule has 0 saturated carbocycles. The maximum atomic E-state index is 11.4. The van der Waals surface area contributed by atoms with E-state index in [-0.39, 0.29) is 6.61 Å². The number of ether oxygens (including phenoxy) is 1. The fourth-order valence-electron chi connectivity index (χ4n) is 1.24. The zero-order valence-corrected chi connectivity index (χ0v) is 10.4. The van der Waals surface area contributed by atoms with Crippen LogP contribution in [-0.4, -0.2) is 24.4 Å². The molecule has 0 atom stereocenters. The van der Waals surface area contributed by atoms with E-state index in [9.17, 15) is 14.4 Å². The lowest BCUT2D eigenvalue weighted by Gasteiger charge is -2.05. The van der Waals surface area contributed by atoms with Gasteiger partial charge in [0.2, 0.25) is 5.91 Å². The Morgan fingerprint density at radius 1 is 1.26 bits per heavy atom. The van der Waals surface area contributed by atoms with Crippen molar-refractivity contribution in [1.29, 1.82) is 0 Å². The Morgan fingerprint density at radius 2 is 1.89 bits per heavy atom. The first kappa shape index (κ1) is 14.4. The topological polar surface area (TPSA) is 98.5 Å². The highest BCUT2D eigenvalue weighted by Gasteiger charge is 2.06. The number of anilines is 1. The first-order valence-electron chi connectivity index (χ1n) is 5.52. The molecule has 0 aliphatic rings. The number of hydrogen-bond acceptors (Lipinski definition) is 4. The molecule has 3 N–H and O–H groups in total. The number of benzene rings is 1. The number of carbonyl (C=O) groups is 3. The van der Waals surface area contributed by atoms with Crippen molar-refractivity contribution in [2.45, 2.75) is 6.92 Å². The molecule has 0 saturated heterocycles. The average Bonchev–Trinajstić information content (AvgIpc) is 2.37. The summed E-state index contributed by atoms with van der Waals surface area (Å²) in [6.45, 7) is 1.29. The van der Waals surface area contributed by atoms with Gasteiger partial charge in [-0.25, -0.2) is 4.79 Å². The van der Waals surface area contributed by atoms with E-state index in [0.717, 1.165) is 0 Å². The Balaban J connectivity index is 2.48. The van der Waals surface area contributed by atoms with Crippen molar-refractivity contribution in [2.75, 3.05) is 11.9 Å². The van der Waals surface area contributed by atoms with E-state index in [2.05, 4.69) is 10.1 Å². The monoisotopic (exact) mass is 262 g/mol. The first-order chi connectivity index (χ1) is 9.02. The quantitative estimate of drug-likeness (QED) is 0.606. The van der Waals surface area contributed by atoms with Crippen LogP contribution in [0.5, 0.6) is 0 Å². The normalized spacial score (nSPS) is 10.2. The van der Waals surface area contributed by atoms with E-state index < -0.39 is 17.8 Å². The molecule has 0 aromatic heterocycles. The number of esters is 1. The van der Waals surface area contributed by atoms with Crippen molar-refractivity contribution < 1.29 is 19.1 Å². The van der Waals surface area contributed by atoms with Gasteiger partial charge in [0.1, 0.15) is 0 Å². The zero-order valence-electron chi connectivity index (χ0n) is 10.4. The van der Waals surface area contributed by atoms with Gasteiger partial charge in [0.25, 0.3) is 5.91 Å². The summed E-state index contributed by atoms with van der Waals surface area (Å²) in [5.41, 5.74) is 5.91. The second kappa shape index (κ2) is 6.95. The molecule has 0 bridgehead atoms. The number of rotatable bonds is 5. The van der Waals surface area contributed by atoms with Gasteiger partial charge in [-0.05, 0) is 31.2 Å². The van der Waals surface area contributed by atoms with Crippen LogP contribution in [0.4, 0.5) is 5.69 Å². The highest BCUT2D eigenvalue weighted by molar-refractivity contribution is 5.95. The van der Waals surface area contributed by atoms with Gasteiger partial charge in [-0.1, -0.05) is 6.08 Å². The van der Waals surface area contributed by atoms with Gasteiger partial charge in [-0.3, -0.25) is 9.59 Å². The summed E-state index contributed by atoms with van der Waals surface area (Å²) in [6.07, 6.45) is 2.73. The lowest BCUT2D eigenvalue weighted by atomic mass is 10.2. The van der Waals surface area contributed by atoms with Crippen molar-refractivity contribution in [1.82, 2.24) is 0 Å². The predicted molar refractivity (Wildman–Crippen MR) is 69.4 cm³/mol. The zero-order chi connectivity index (χ0) is 14.3. The van der Waals surface area contributed by atoms with Crippen LogP contribution in [0.25, 0.3) is 0 Å². The van der Waals surface area contributed by atoms with Gasteiger partial charge in [0.05, 0.1) is 0 Å². The fraction of sp³-hybridized carbons (Fsp3) is 0.154. The third-order valence-corrected chi connectivity index (χ3v) is 2.10. The van der Waals surface area contributed by atoms with E-state index in [0.29, 0.717) is 11.3 Å². The maximum absolute atomic E-state index is 11.4. The lowest BCUT2D eigenvalue weighted by molar-refractivity contribution is -0.142. The van der Waals surface area contributed by atoms with Crippen molar-refractivity contribution in [3.05, 3.63) is 42.0 Å². The molecular weight excluding hydrogens is 248 g/mol. The summed E-state index contributed by atoms with van der Waals surface area (Å²) in [7, 11) is 0. The largest absolute Gasteiger partial charge is 0.452 e. The van der Waals surface area contributed by atoms with Crippen molar-refractivity contribution in [3.63, 3.8) is 0 Å². The van der Waals surface area contributed by atoms with Crippen LogP contribution >= 0.6 is 0 Å². The van der Waals surface area contributed by atoms with E-state index in [1.54, 1.807) is 6.92 Å². The fourth-order valence-corrected chi connectivity index (χ4v) is 1.24. The molecule has 0 radical (unpaired) electrons. The molecule has 2 amide bonds. The highest BCUT2D eigenvalue weighted by atomic mass is 16.5. The molecule has 6 nitrogen and oxygen atoms in total. The Hall–Kier alpha value is -2.63. The SMILES string of the molecule is C/C=C/C(=O)OCC(=O)Nc1ccc(C(N)=O)cc1. The summed E-state index contributed by atoms with van der Waals surface area (Å²) < 4.78 is 4.67. The minimum absolute atomic E-state index is 0.345. The number of carbonyl (C=O) groups excluding carboxylic acids is 3. The number of amides is 2. The van der Waals surface area contributed by atoms with Crippen LogP contribution in [0.3, 0.4) is 0 Å². The molecule has 1 aromatic rings. The van der Waals surface area contributed by atoms with Crippen molar-refractivity contribution in [3.8, 4) is 0 Å². The first-order valence-corrected chi connectivity index (χ1v) is 5.52. The molecule has 0 aliphatic carbocycles. The summed E-state index contributed by atoms with van der Waals surface area (Å²) in [4.78, 5) is 33.3. The molecule has 1 rings (SSSR count). The second-order valence-corrected chi connectivity index (χ2v) is 3.60. The summed E-state index contributed by atoms with van der Waals surface area (Å²) in [5.74, 6) is -1.59. The third kappa shape index (κ3) is 5.03. The van der Waals surface area contributed by atoms with Gasteiger partial charge in [0, 0.05) is 17.3 Å². The molecule has 0 unspecified atom stereocenters. The van der Waals surface area contributed by atoms with Gasteiger partial charge >= 0.3 is 5.97 Å². The molecule has 19 heavy (non-hydrogen) atoms. The minimum atomic E-state index is -0.582. The van der Waals surface area contributed by atoms with E-state index in [4.69, 9.17) is 5.73 Å². The van der Waals surface area contributed by atoms with Gasteiger partial charge < -0.3 is 15.8 Å². The summed E-state index contributed by atoms with van der Waals surface area (Å²) in [5, 5.41) is 2.51. The number of allylic oxidation sites excluding steroid dienone is 1. The summed E-state index contributed by atoms with van der Waals surface area (Å²) >= 11 is 0. The Morgan fingerprint density at radius 3 is 2.42 bits per heavy atom. The number of primary amides is 1. The molecule has 6 heteroatoms. The Kier molecular flexibility index (Phi) is 5.28. The van der Waals surface area contributed by atoms with Gasteiger partial charge in [-0.15, -0.1) is 0 Å². The molecular formula is C13H14N2O4. The maximum Gasteiger partial charge on any atom is 0.330 e. The second-order valence-electron chi connectivity index (χ2n) is 3.60.